The Morgan fingerprint density at radius 1 is 1.15 bits per heavy atom. The summed E-state index contributed by atoms with van der Waals surface area (Å²) in [6, 6.07) is 9.65. The van der Waals surface area contributed by atoms with E-state index in [0.29, 0.717) is 11.3 Å². The average Bonchev–Trinajstić information content (AvgIpc) is 2.55. The lowest BCUT2D eigenvalue weighted by atomic mass is 10.2. The standard InChI is InChI=1S/C18H18F2N2O3S/c1-22(12-14-6-7-15(19)11-17(14)20)18(23)10-5-13-3-8-16(9-4-13)21-26(2,24)25/h3-11,21H,12H2,1-2H3/b10-5+. The molecule has 0 aromatic heterocycles. The fraction of sp³-hybridized carbons (Fsp3) is 0.167. The normalized spacial score (nSPS) is 11.5. The predicted molar refractivity (Wildman–Crippen MR) is 96.8 cm³/mol. The molecule has 1 amide bonds. The summed E-state index contributed by atoms with van der Waals surface area (Å²) in [4.78, 5) is 13.4. The molecule has 0 bridgehead atoms. The summed E-state index contributed by atoms with van der Waals surface area (Å²) in [5.74, 6) is -1.73. The summed E-state index contributed by atoms with van der Waals surface area (Å²) in [7, 11) is -1.84. The van der Waals surface area contributed by atoms with E-state index < -0.39 is 21.7 Å². The lowest BCUT2D eigenvalue weighted by Crippen LogP contribution is -2.24. The molecule has 0 unspecified atom stereocenters. The Morgan fingerprint density at radius 3 is 2.38 bits per heavy atom. The molecular formula is C18H18F2N2O3S. The molecule has 0 saturated carbocycles. The number of anilines is 1. The summed E-state index contributed by atoms with van der Waals surface area (Å²) in [6.45, 7) is 0.00645. The van der Waals surface area contributed by atoms with Crippen molar-refractivity contribution in [3.8, 4) is 0 Å². The second-order valence-corrected chi connectivity index (χ2v) is 7.51. The molecule has 0 aliphatic rings. The third-order valence-corrected chi connectivity index (χ3v) is 4.04. The maximum Gasteiger partial charge on any atom is 0.246 e. The minimum absolute atomic E-state index is 0.00645. The van der Waals surface area contributed by atoms with E-state index in [1.54, 1.807) is 30.3 Å². The highest BCUT2D eigenvalue weighted by molar-refractivity contribution is 7.92. The highest BCUT2D eigenvalue weighted by Gasteiger charge is 2.10. The summed E-state index contributed by atoms with van der Waals surface area (Å²) < 4.78 is 51.2. The van der Waals surface area contributed by atoms with Crippen molar-refractivity contribution < 1.29 is 22.0 Å². The second-order valence-electron chi connectivity index (χ2n) is 5.76. The van der Waals surface area contributed by atoms with E-state index in [1.807, 2.05) is 0 Å². The van der Waals surface area contributed by atoms with Gasteiger partial charge in [0.2, 0.25) is 15.9 Å². The Bertz CT molecular complexity index is 926. The Kier molecular flexibility index (Phi) is 6.10. The van der Waals surface area contributed by atoms with Gasteiger partial charge in [0.15, 0.2) is 0 Å². The van der Waals surface area contributed by atoms with Crippen molar-refractivity contribution in [1.82, 2.24) is 4.90 Å². The molecule has 0 aliphatic carbocycles. The number of nitrogens with zero attached hydrogens (tertiary/aromatic N) is 1. The van der Waals surface area contributed by atoms with Crippen LogP contribution in [0.25, 0.3) is 6.08 Å². The monoisotopic (exact) mass is 380 g/mol. The van der Waals surface area contributed by atoms with Crippen LogP contribution in [0, 0.1) is 11.6 Å². The van der Waals surface area contributed by atoms with Gasteiger partial charge in [0, 0.05) is 37.0 Å². The zero-order chi connectivity index (χ0) is 19.3. The number of carbonyl (C=O) groups excluding carboxylic acids is 1. The minimum atomic E-state index is -3.35. The maximum absolute atomic E-state index is 13.6. The van der Waals surface area contributed by atoms with Crippen molar-refractivity contribution in [3.05, 3.63) is 71.3 Å². The van der Waals surface area contributed by atoms with Gasteiger partial charge in [-0.3, -0.25) is 9.52 Å². The Balaban J connectivity index is 1.99. The lowest BCUT2D eigenvalue weighted by Gasteiger charge is -2.15. The first-order valence-corrected chi connectivity index (χ1v) is 9.48. The fourth-order valence-electron chi connectivity index (χ4n) is 2.15. The molecule has 2 rings (SSSR count). The Labute approximate surface area is 151 Å². The zero-order valence-electron chi connectivity index (χ0n) is 14.2. The summed E-state index contributed by atoms with van der Waals surface area (Å²) in [5, 5.41) is 0. The van der Waals surface area contributed by atoms with E-state index in [-0.39, 0.29) is 18.0 Å². The molecule has 8 heteroatoms. The van der Waals surface area contributed by atoms with E-state index in [9.17, 15) is 22.0 Å². The van der Waals surface area contributed by atoms with E-state index in [4.69, 9.17) is 0 Å². The first-order valence-electron chi connectivity index (χ1n) is 7.59. The molecule has 26 heavy (non-hydrogen) atoms. The fourth-order valence-corrected chi connectivity index (χ4v) is 2.72. The molecule has 5 nitrogen and oxygen atoms in total. The summed E-state index contributed by atoms with van der Waals surface area (Å²) in [6.07, 6.45) is 3.93. The van der Waals surface area contributed by atoms with Crippen LogP contribution in [0.3, 0.4) is 0 Å². The van der Waals surface area contributed by atoms with Gasteiger partial charge < -0.3 is 4.90 Å². The molecule has 0 spiro atoms. The number of nitrogens with one attached hydrogen (secondary N) is 1. The number of hydrogen-bond acceptors (Lipinski definition) is 3. The molecule has 0 saturated heterocycles. The largest absolute Gasteiger partial charge is 0.338 e. The maximum atomic E-state index is 13.6. The van der Waals surface area contributed by atoms with Crippen molar-refractivity contribution in [2.45, 2.75) is 6.54 Å². The number of hydrogen-bond donors (Lipinski definition) is 1. The molecule has 1 N–H and O–H groups in total. The molecular weight excluding hydrogens is 362 g/mol. The number of halogens is 2. The third kappa shape index (κ3) is 5.96. The highest BCUT2D eigenvalue weighted by Crippen LogP contribution is 2.14. The van der Waals surface area contributed by atoms with E-state index in [0.717, 1.165) is 18.4 Å². The quantitative estimate of drug-likeness (QED) is 0.784. The number of likely N-dealkylation sites (N-methyl/N-ethyl adjacent to an activating group) is 1. The van der Waals surface area contributed by atoms with Crippen LogP contribution < -0.4 is 4.72 Å². The van der Waals surface area contributed by atoms with Gasteiger partial charge in [-0.15, -0.1) is 0 Å². The van der Waals surface area contributed by atoms with Crippen LogP contribution in [-0.4, -0.2) is 32.5 Å². The van der Waals surface area contributed by atoms with Gasteiger partial charge in [-0.2, -0.15) is 0 Å². The smallest absolute Gasteiger partial charge is 0.246 e. The van der Waals surface area contributed by atoms with Crippen molar-refractivity contribution in [2.75, 3.05) is 18.0 Å². The van der Waals surface area contributed by atoms with Gasteiger partial charge in [0.1, 0.15) is 11.6 Å². The number of sulfonamides is 1. The molecule has 2 aromatic rings. The topological polar surface area (TPSA) is 66.5 Å². The van der Waals surface area contributed by atoms with E-state index in [2.05, 4.69) is 4.72 Å². The summed E-state index contributed by atoms with van der Waals surface area (Å²) in [5.41, 5.74) is 1.32. The second kappa shape index (κ2) is 8.09. The molecule has 0 heterocycles. The molecule has 138 valence electrons. The average molecular weight is 380 g/mol. The van der Waals surface area contributed by atoms with E-state index >= 15 is 0 Å². The lowest BCUT2D eigenvalue weighted by molar-refractivity contribution is -0.125. The van der Waals surface area contributed by atoms with Crippen LogP contribution in [0.1, 0.15) is 11.1 Å². The third-order valence-electron chi connectivity index (χ3n) is 3.43. The number of amides is 1. The van der Waals surface area contributed by atoms with Crippen LogP contribution in [0.5, 0.6) is 0 Å². The van der Waals surface area contributed by atoms with Gasteiger partial charge in [-0.05, 0) is 29.8 Å². The number of rotatable bonds is 6. The van der Waals surface area contributed by atoms with Crippen LogP contribution >= 0.6 is 0 Å². The van der Waals surface area contributed by atoms with E-state index in [1.165, 1.54) is 24.1 Å². The number of carbonyl (C=O) groups is 1. The Morgan fingerprint density at radius 2 is 1.81 bits per heavy atom. The van der Waals surface area contributed by atoms with Gasteiger partial charge in [-0.25, -0.2) is 17.2 Å². The Hall–Kier alpha value is -2.74. The van der Waals surface area contributed by atoms with Crippen molar-refractivity contribution >= 4 is 27.7 Å². The van der Waals surface area contributed by atoms with Crippen LogP contribution in [0.4, 0.5) is 14.5 Å². The van der Waals surface area contributed by atoms with Gasteiger partial charge in [-0.1, -0.05) is 18.2 Å². The zero-order valence-corrected chi connectivity index (χ0v) is 15.1. The minimum Gasteiger partial charge on any atom is -0.338 e. The number of benzene rings is 2. The summed E-state index contributed by atoms with van der Waals surface area (Å²) >= 11 is 0. The van der Waals surface area contributed by atoms with Gasteiger partial charge in [0.25, 0.3) is 0 Å². The van der Waals surface area contributed by atoms with Crippen molar-refractivity contribution in [2.24, 2.45) is 0 Å². The van der Waals surface area contributed by atoms with Crippen LogP contribution in [0.2, 0.25) is 0 Å². The molecule has 0 radical (unpaired) electrons. The van der Waals surface area contributed by atoms with Crippen LogP contribution in [-0.2, 0) is 21.4 Å². The first kappa shape index (κ1) is 19.6. The van der Waals surface area contributed by atoms with Gasteiger partial charge >= 0.3 is 0 Å². The molecule has 0 aliphatic heterocycles. The van der Waals surface area contributed by atoms with Gasteiger partial charge in [0.05, 0.1) is 6.26 Å². The first-order chi connectivity index (χ1) is 12.1. The molecule has 0 atom stereocenters. The highest BCUT2D eigenvalue weighted by atomic mass is 32.2. The molecule has 0 fully saturated rings. The molecule has 2 aromatic carbocycles. The van der Waals surface area contributed by atoms with Crippen LogP contribution in [0.15, 0.2) is 48.5 Å². The SMILES string of the molecule is CN(Cc1ccc(F)cc1F)C(=O)/C=C/c1ccc(NS(C)(=O)=O)cc1. The van der Waals surface area contributed by atoms with Crippen molar-refractivity contribution in [3.63, 3.8) is 0 Å². The van der Waals surface area contributed by atoms with Crippen molar-refractivity contribution in [1.29, 1.82) is 0 Å². The predicted octanol–water partition coefficient (Wildman–Crippen LogP) is 3.01.